The Morgan fingerprint density at radius 1 is 0.889 bits per heavy atom. The summed E-state index contributed by atoms with van der Waals surface area (Å²) in [5, 5.41) is 19.3. The zero-order valence-electron chi connectivity index (χ0n) is 20.6. The number of benzene rings is 3. The van der Waals surface area contributed by atoms with Gasteiger partial charge in [-0.2, -0.15) is 5.10 Å². The van der Waals surface area contributed by atoms with Crippen LogP contribution in [-0.4, -0.2) is 35.4 Å². The molecule has 3 aromatic carbocycles. The van der Waals surface area contributed by atoms with Gasteiger partial charge in [0.05, 0.1) is 6.54 Å². The van der Waals surface area contributed by atoms with Crippen LogP contribution >= 0.6 is 0 Å². The highest BCUT2D eigenvalue weighted by atomic mass is 15.5. The lowest BCUT2D eigenvalue weighted by molar-refractivity contribution is 0.610. The maximum absolute atomic E-state index is 5.84. The molecule has 5 aromatic rings. The smallest absolute Gasteiger partial charge is 0.180 e. The lowest BCUT2D eigenvalue weighted by Gasteiger charge is -2.10. The van der Waals surface area contributed by atoms with Crippen LogP contribution in [0.4, 0.5) is 5.69 Å². The van der Waals surface area contributed by atoms with Gasteiger partial charge in [0.25, 0.3) is 0 Å². The zero-order valence-corrected chi connectivity index (χ0v) is 20.6. The summed E-state index contributed by atoms with van der Waals surface area (Å²) in [7, 11) is 0. The van der Waals surface area contributed by atoms with Crippen molar-refractivity contribution in [3.63, 3.8) is 0 Å². The predicted octanol–water partition coefficient (Wildman–Crippen LogP) is 5.05. The molecule has 0 aliphatic rings. The van der Waals surface area contributed by atoms with E-state index in [4.69, 9.17) is 15.8 Å². The Hall–Kier alpha value is -4.33. The van der Waals surface area contributed by atoms with Crippen molar-refractivity contribution in [3.05, 3.63) is 95.6 Å². The van der Waals surface area contributed by atoms with Crippen molar-refractivity contribution in [2.24, 2.45) is 0 Å². The second-order valence-electron chi connectivity index (χ2n) is 9.09. The Morgan fingerprint density at radius 3 is 2.31 bits per heavy atom. The zero-order chi connectivity index (χ0) is 24.9. The Bertz CT molecular complexity index is 1400. The topological polar surface area (TPSA) is 111 Å². The van der Waals surface area contributed by atoms with Gasteiger partial charge >= 0.3 is 0 Å². The molecule has 0 amide bonds. The van der Waals surface area contributed by atoms with E-state index in [2.05, 4.69) is 81.6 Å². The number of anilines is 1. The van der Waals surface area contributed by atoms with E-state index in [0.29, 0.717) is 18.3 Å². The highest BCUT2D eigenvalue weighted by Gasteiger charge is 2.15. The van der Waals surface area contributed by atoms with Gasteiger partial charge in [0, 0.05) is 23.6 Å². The van der Waals surface area contributed by atoms with Crippen molar-refractivity contribution < 1.29 is 0 Å². The van der Waals surface area contributed by atoms with Crippen molar-refractivity contribution in [3.8, 4) is 22.5 Å². The molecular formula is C28H30N8. The fourth-order valence-corrected chi connectivity index (χ4v) is 4.21. The van der Waals surface area contributed by atoms with Crippen LogP contribution in [0.25, 0.3) is 22.5 Å². The summed E-state index contributed by atoms with van der Waals surface area (Å²) in [6, 6.07) is 24.7. The van der Waals surface area contributed by atoms with Crippen molar-refractivity contribution in [1.29, 1.82) is 0 Å². The van der Waals surface area contributed by atoms with Gasteiger partial charge < -0.3 is 5.73 Å². The van der Waals surface area contributed by atoms with Crippen LogP contribution in [0, 0.1) is 0 Å². The lowest BCUT2D eigenvalue weighted by atomic mass is 9.98. The van der Waals surface area contributed by atoms with Crippen molar-refractivity contribution in [1.82, 2.24) is 35.4 Å². The lowest BCUT2D eigenvalue weighted by Crippen LogP contribution is -2.08. The summed E-state index contributed by atoms with van der Waals surface area (Å²) >= 11 is 0. The molecule has 5 rings (SSSR count). The minimum atomic E-state index is 0.325. The van der Waals surface area contributed by atoms with E-state index < -0.39 is 0 Å². The van der Waals surface area contributed by atoms with Gasteiger partial charge in [0.15, 0.2) is 11.6 Å². The van der Waals surface area contributed by atoms with Crippen LogP contribution in [0.1, 0.15) is 49.0 Å². The quantitative estimate of drug-likeness (QED) is 0.287. The van der Waals surface area contributed by atoms with Crippen LogP contribution in [0.5, 0.6) is 0 Å². The molecule has 1 atom stereocenters. The van der Waals surface area contributed by atoms with Gasteiger partial charge in [-0.25, -0.2) is 14.8 Å². The average Bonchev–Trinajstić information content (AvgIpc) is 3.59. The number of aromatic amines is 1. The summed E-state index contributed by atoms with van der Waals surface area (Å²) in [6.45, 7) is 5.03. The number of aromatic nitrogens is 7. The maximum atomic E-state index is 5.84. The number of nitrogens with two attached hydrogens (primary N) is 1. The number of nitrogens with zero attached hydrogens (tertiary/aromatic N) is 6. The molecular weight excluding hydrogens is 448 g/mol. The monoisotopic (exact) mass is 478 g/mol. The largest absolute Gasteiger partial charge is 0.399 e. The molecule has 0 saturated carbocycles. The molecule has 0 radical (unpaired) electrons. The van der Waals surface area contributed by atoms with Crippen LogP contribution in [0.2, 0.25) is 0 Å². The number of rotatable bonds is 9. The molecule has 0 aliphatic carbocycles. The van der Waals surface area contributed by atoms with Crippen LogP contribution in [0.15, 0.2) is 72.8 Å². The van der Waals surface area contributed by atoms with Gasteiger partial charge in [0.1, 0.15) is 5.82 Å². The minimum Gasteiger partial charge on any atom is -0.399 e. The Morgan fingerprint density at radius 2 is 1.61 bits per heavy atom. The van der Waals surface area contributed by atoms with Gasteiger partial charge in [-0.05, 0) is 57.7 Å². The van der Waals surface area contributed by atoms with E-state index in [1.165, 1.54) is 11.1 Å². The fourth-order valence-electron chi connectivity index (χ4n) is 4.21. The first kappa shape index (κ1) is 23.4. The van der Waals surface area contributed by atoms with E-state index in [1.54, 1.807) is 0 Å². The summed E-state index contributed by atoms with van der Waals surface area (Å²) in [4.78, 5) is 4.92. The van der Waals surface area contributed by atoms with Gasteiger partial charge in [-0.3, -0.25) is 0 Å². The molecule has 1 unspecified atom stereocenters. The highest BCUT2D eigenvalue weighted by molar-refractivity contribution is 5.80. The second-order valence-corrected chi connectivity index (χ2v) is 9.09. The van der Waals surface area contributed by atoms with Crippen molar-refractivity contribution in [2.75, 3.05) is 5.73 Å². The third-order valence-electron chi connectivity index (χ3n) is 6.56. The molecule has 182 valence electrons. The van der Waals surface area contributed by atoms with E-state index in [-0.39, 0.29) is 0 Å². The van der Waals surface area contributed by atoms with Crippen LogP contribution < -0.4 is 5.73 Å². The van der Waals surface area contributed by atoms with Crippen molar-refractivity contribution in [2.45, 2.75) is 45.6 Å². The molecule has 3 N–H and O–H groups in total. The first-order chi connectivity index (χ1) is 17.6. The number of hydrogen-bond donors (Lipinski definition) is 2. The SMILES string of the molecule is CCC(C)c1nc(CCc2ccc(N)cc2)n(Cc2ccc(-c3ccccc3-c3nnn[nH]3)cc2)n1. The van der Waals surface area contributed by atoms with Crippen molar-refractivity contribution >= 4 is 5.69 Å². The fraction of sp³-hybridized carbons (Fsp3) is 0.250. The van der Waals surface area contributed by atoms with E-state index in [1.807, 2.05) is 30.3 Å². The third-order valence-corrected chi connectivity index (χ3v) is 6.56. The molecule has 8 nitrogen and oxygen atoms in total. The first-order valence-electron chi connectivity index (χ1n) is 12.3. The molecule has 36 heavy (non-hydrogen) atoms. The summed E-state index contributed by atoms with van der Waals surface area (Å²) in [6.07, 6.45) is 2.73. The first-order valence-corrected chi connectivity index (χ1v) is 12.3. The molecule has 0 fully saturated rings. The summed E-state index contributed by atoms with van der Waals surface area (Å²) in [5.74, 6) is 2.90. The molecule has 0 saturated heterocycles. The number of nitrogens with one attached hydrogen (secondary N) is 1. The van der Waals surface area contributed by atoms with Gasteiger partial charge in [0.2, 0.25) is 0 Å². The number of hydrogen-bond acceptors (Lipinski definition) is 6. The minimum absolute atomic E-state index is 0.325. The van der Waals surface area contributed by atoms with E-state index in [9.17, 15) is 0 Å². The molecule has 8 heteroatoms. The standard InChI is InChI=1S/C28H30N8/c1-3-19(2)27-30-26(17-12-20-10-15-23(29)16-11-20)36(33-27)18-21-8-13-22(14-9-21)24-6-4-5-7-25(24)28-31-34-35-32-28/h4-11,13-16,19H,3,12,17-18,29H2,1-2H3,(H,31,32,34,35). The Kier molecular flexibility index (Phi) is 6.84. The normalized spacial score (nSPS) is 12.1. The maximum Gasteiger partial charge on any atom is 0.180 e. The van der Waals surface area contributed by atoms with E-state index >= 15 is 0 Å². The van der Waals surface area contributed by atoms with Gasteiger partial charge in [-0.15, -0.1) is 5.10 Å². The van der Waals surface area contributed by atoms with Crippen LogP contribution in [0.3, 0.4) is 0 Å². The third kappa shape index (κ3) is 5.17. The highest BCUT2D eigenvalue weighted by Crippen LogP contribution is 2.30. The number of nitrogen functional groups attached to an aromatic ring is 1. The number of H-pyrrole nitrogens is 1. The molecule has 0 aliphatic heterocycles. The summed E-state index contributed by atoms with van der Waals surface area (Å²) in [5.41, 5.74) is 12.2. The summed E-state index contributed by atoms with van der Waals surface area (Å²) < 4.78 is 2.06. The second kappa shape index (κ2) is 10.5. The molecule has 2 aromatic heterocycles. The van der Waals surface area contributed by atoms with Crippen LogP contribution in [-0.2, 0) is 19.4 Å². The molecule has 0 bridgehead atoms. The average molecular weight is 479 g/mol. The van der Waals surface area contributed by atoms with E-state index in [0.717, 1.165) is 53.3 Å². The Labute approximate surface area is 210 Å². The Balaban J connectivity index is 1.37. The van der Waals surface area contributed by atoms with Gasteiger partial charge in [-0.1, -0.05) is 74.5 Å². The molecule has 2 heterocycles. The number of tetrazole rings is 1. The molecule has 0 spiro atoms. The number of aryl methyl sites for hydroxylation is 2. The predicted molar refractivity (Wildman–Crippen MR) is 141 cm³/mol.